The third-order valence-electron chi connectivity index (χ3n) is 11.5. The van der Waals surface area contributed by atoms with Crippen LogP contribution in [-0.2, 0) is 0 Å². The first-order chi connectivity index (χ1) is 27.3. The highest BCUT2D eigenvalue weighted by Crippen LogP contribution is 2.45. The lowest BCUT2D eigenvalue weighted by atomic mass is 9.92. The number of nitrogens with zero attached hydrogens (tertiary/aromatic N) is 2. The van der Waals surface area contributed by atoms with Gasteiger partial charge in [-0.15, -0.1) is 11.3 Å². The zero-order valence-electron chi connectivity index (χ0n) is 29.8. The normalized spacial score (nSPS) is 12.0. The quantitative estimate of drug-likeness (QED) is 0.172. The van der Waals surface area contributed by atoms with Crippen LogP contribution in [0.5, 0.6) is 0 Å². The van der Waals surface area contributed by atoms with Gasteiger partial charge in [-0.1, -0.05) is 121 Å². The molecule has 12 aromatic rings. The number of para-hydroxylation sites is 2. The van der Waals surface area contributed by atoms with Crippen LogP contribution in [0.3, 0.4) is 0 Å². The Balaban J connectivity index is 1.11. The van der Waals surface area contributed by atoms with Gasteiger partial charge in [0.25, 0.3) is 0 Å². The number of rotatable bonds is 4. The molecule has 0 bridgehead atoms. The van der Waals surface area contributed by atoms with E-state index in [0.29, 0.717) is 0 Å². The molecule has 0 aliphatic carbocycles. The summed E-state index contributed by atoms with van der Waals surface area (Å²) < 4.78 is 7.53. The van der Waals surface area contributed by atoms with Crippen molar-refractivity contribution < 1.29 is 0 Å². The summed E-state index contributed by atoms with van der Waals surface area (Å²) in [4.78, 5) is 0. The van der Waals surface area contributed by atoms with Gasteiger partial charge in [-0.05, 0) is 106 Å². The molecule has 0 unspecified atom stereocenters. The summed E-state index contributed by atoms with van der Waals surface area (Å²) in [6.07, 6.45) is 0. The molecule has 0 aliphatic heterocycles. The minimum atomic E-state index is 1.16. The van der Waals surface area contributed by atoms with E-state index in [9.17, 15) is 0 Å². The van der Waals surface area contributed by atoms with Crippen LogP contribution in [0, 0.1) is 0 Å². The summed E-state index contributed by atoms with van der Waals surface area (Å²) in [6, 6.07) is 71.5. The maximum absolute atomic E-state index is 2.44. The first-order valence-electron chi connectivity index (χ1n) is 18.8. The molecular weight excluding hydrogens is 685 g/mol. The van der Waals surface area contributed by atoms with E-state index in [1.54, 1.807) is 0 Å². The molecule has 0 aliphatic rings. The molecule has 0 fully saturated rings. The van der Waals surface area contributed by atoms with Gasteiger partial charge in [0, 0.05) is 53.1 Å². The second-order valence-corrected chi connectivity index (χ2v) is 15.6. The van der Waals surface area contributed by atoms with Crippen LogP contribution in [0.2, 0.25) is 0 Å². The second kappa shape index (κ2) is 11.8. The Bertz CT molecular complexity index is 3470. The molecule has 0 N–H and O–H groups in total. The first-order valence-corrected chi connectivity index (χ1v) is 19.7. The van der Waals surface area contributed by atoms with E-state index in [1.165, 1.54) is 102 Å². The van der Waals surface area contributed by atoms with E-state index in [1.807, 2.05) is 11.3 Å². The zero-order chi connectivity index (χ0) is 36.0. The lowest BCUT2D eigenvalue weighted by Crippen LogP contribution is -1.94. The number of fused-ring (bicyclic) bond motifs is 10. The van der Waals surface area contributed by atoms with E-state index in [4.69, 9.17) is 0 Å². The molecule has 256 valence electrons. The molecule has 9 aromatic carbocycles. The van der Waals surface area contributed by atoms with Crippen LogP contribution in [0.15, 0.2) is 194 Å². The Labute approximate surface area is 321 Å². The van der Waals surface area contributed by atoms with Crippen LogP contribution in [-0.4, -0.2) is 9.13 Å². The molecule has 0 spiro atoms. The summed E-state index contributed by atoms with van der Waals surface area (Å²) in [7, 11) is 0. The molecule has 12 rings (SSSR count). The average Bonchev–Trinajstić information content (AvgIpc) is 3.90. The predicted molar refractivity (Wildman–Crippen MR) is 236 cm³/mol. The number of benzene rings is 9. The van der Waals surface area contributed by atoms with Crippen LogP contribution in [0.4, 0.5) is 0 Å². The number of hydrogen-bond acceptors (Lipinski definition) is 1. The summed E-state index contributed by atoms with van der Waals surface area (Å²) in [5, 5.41) is 10.2. The van der Waals surface area contributed by atoms with Gasteiger partial charge < -0.3 is 9.13 Å². The van der Waals surface area contributed by atoms with Crippen molar-refractivity contribution >= 4 is 85.9 Å². The van der Waals surface area contributed by atoms with Crippen LogP contribution < -0.4 is 0 Å². The molecule has 3 heteroatoms. The average molecular weight is 717 g/mol. The van der Waals surface area contributed by atoms with Crippen molar-refractivity contribution in [1.82, 2.24) is 9.13 Å². The summed E-state index contributed by atoms with van der Waals surface area (Å²) >= 11 is 1.86. The monoisotopic (exact) mass is 716 g/mol. The van der Waals surface area contributed by atoms with Crippen molar-refractivity contribution in [3.63, 3.8) is 0 Å². The summed E-state index contributed by atoms with van der Waals surface area (Å²) in [5.74, 6) is 0. The van der Waals surface area contributed by atoms with Crippen LogP contribution >= 0.6 is 11.3 Å². The number of hydrogen-bond donors (Lipinski definition) is 0. The standard InChI is InChI=1S/C52H32N2S/c1-3-13-33(14-4-1)51-39-18-8-7-15-36(39)31-48-52(51)44-30-35(24-27-47(44)53(48)37-16-5-2-6-17-37)34-23-26-46-42(29-34)40-19-9-11-21-45(40)54(46)38-25-28-50-43(32-38)41-20-10-12-22-49(41)55-50/h1-32H. The fraction of sp³-hybridized carbons (Fsp3) is 0. The molecule has 55 heavy (non-hydrogen) atoms. The van der Waals surface area contributed by atoms with Crippen molar-refractivity contribution in [2.75, 3.05) is 0 Å². The van der Waals surface area contributed by atoms with Gasteiger partial charge in [-0.3, -0.25) is 0 Å². The maximum atomic E-state index is 2.44. The minimum absolute atomic E-state index is 1.16. The number of thiophene rings is 1. The van der Waals surface area contributed by atoms with Gasteiger partial charge >= 0.3 is 0 Å². The maximum Gasteiger partial charge on any atom is 0.0553 e. The molecule has 0 radical (unpaired) electrons. The van der Waals surface area contributed by atoms with Crippen LogP contribution in [0.1, 0.15) is 0 Å². The molecule has 3 heterocycles. The third kappa shape index (κ3) is 4.54. The Morgan fingerprint density at radius 1 is 0.309 bits per heavy atom. The van der Waals surface area contributed by atoms with E-state index >= 15 is 0 Å². The van der Waals surface area contributed by atoms with Gasteiger partial charge in [-0.25, -0.2) is 0 Å². The number of aromatic nitrogens is 2. The van der Waals surface area contributed by atoms with Crippen molar-refractivity contribution in [2.45, 2.75) is 0 Å². The molecule has 3 aromatic heterocycles. The van der Waals surface area contributed by atoms with E-state index in [0.717, 1.165) is 5.69 Å². The van der Waals surface area contributed by atoms with Gasteiger partial charge in [0.2, 0.25) is 0 Å². The largest absolute Gasteiger partial charge is 0.309 e. The van der Waals surface area contributed by atoms with Gasteiger partial charge in [0.1, 0.15) is 0 Å². The predicted octanol–water partition coefficient (Wildman–Crippen LogP) is 14.7. The molecular formula is C52H32N2S. The summed E-state index contributed by atoms with van der Waals surface area (Å²) in [5.41, 5.74) is 12.1. The second-order valence-electron chi connectivity index (χ2n) is 14.5. The van der Waals surface area contributed by atoms with Gasteiger partial charge in [-0.2, -0.15) is 0 Å². The SMILES string of the molecule is c1ccc(-c2c3ccccc3cc3c2c2cc(-c4ccc5c(c4)c4ccccc4n5-c4ccc5sc6ccccc6c5c4)ccc2n3-c2ccccc2)cc1. The summed E-state index contributed by atoms with van der Waals surface area (Å²) in [6.45, 7) is 0. The van der Waals surface area contributed by atoms with E-state index < -0.39 is 0 Å². The topological polar surface area (TPSA) is 9.86 Å². The smallest absolute Gasteiger partial charge is 0.0553 e. The van der Waals surface area contributed by atoms with Crippen molar-refractivity contribution in [3.05, 3.63) is 194 Å². The fourth-order valence-electron chi connectivity index (χ4n) is 9.07. The lowest BCUT2D eigenvalue weighted by Gasteiger charge is -2.12. The Morgan fingerprint density at radius 2 is 0.909 bits per heavy atom. The molecule has 0 amide bonds. The Hall–Kier alpha value is -6.94. The zero-order valence-corrected chi connectivity index (χ0v) is 30.6. The van der Waals surface area contributed by atoms with Crippen molar-refractivity contribution in [3.8, 4) is 33.6 Å². The van der Waals surface area contributed by atoms with Gasteiger partial charge in [0.15, 0.2) is 0 Å². The fourth-order valence-corrected chi connectivity index (χ4v) is 10.2. The Kier molecular flexibility index (Phi) is 6.54. The van der Waals surface area contributed by atoms with Crippen molar-refractivity contribution in [2.24, 2.45) is 0 Å². The molecule has 0 atom stereocenters. The molecule has 0 saturated heterocycles. The highest BCUT2D eigenvalue weighted by atomic mass is 32.1. The first kappa shape index (κ1) is 30.5. The van der Waals surface area contributed by atoms with Crippen LogP contribution in [0.25, 0.3) is 108 Å². The van der Waals surface area contributed by atoms with E-state index in [-0.39, 0.29) is 0 Å². The minimum Gasteiger partial charge on any atom is -0.309 e. The molecule has 2 nitrogen and oxygen atoms in total. The highest BCUT2D eigenvalue weighted by Gasteiger charge is 2.21. The lowest BCUT2D eigenvalue weighted by molar-refractivity contribution is 1.18. The third-order valence-corrected chi connectivity index (χ3v) is 12.6. The van der Waals surface area contributed by atoms with Crippen molar-refractivity contribution in [1.29, 1.82) is 0 Å². The van der Waals surface area contributed by atoms with Gasteiger partial charge in [0.05, 0.1) is 22.1 Å². The Morgan fingerprint density at radius 3 is 1.73 bits per heavy atom. The molecule has 0 saturated carbocycles. The van der Waals surface area contributed by atoms with E-state index in [2.05, 4.69) is 203 Å². The highest BCUT2D eigenvalue weighted by molar-refractivity contribution is 7.25.